The highest BCUT2D eigenvalue weighted by Gasteiger charge is 2.26. The van der Waals surface area contributed by atoms with Gasteiger partial charge in [0.25, 0.3) is 0 Å². The number of benzene rings is 1. The number of sulfonamides is 1. The van der Waals surface area contributed by atoms with E-state index in [-0.39, 0.29) is 0 Å². The summed E-state index contributed by atoms with van der Waals surface area (Å²) in [5.74, 6) is 0. The fourth-order valence-corrected chi connectivity index (χ4v) is 6.48. The molecule has 1 saturated heterocycles. The van der Waals surface area contributed by atoms with Gasteiger partial charge in [-0.05, 0) is 55.4 Å². The van der Waals surface area contributed by atoms with Gasteiger partial charge in [0.2, 0.25) is 10.0 Å². The summed E-state index contributed by atoms with van der Waals surface area (Å²) in [5, 5.41) is 1.29. The zero-order valence-electron chi connectivity index (χ0n) is 14.8. The molecule has 0 spiro atoms. The number of nitrogens with zero attached hydrogens (tertiary/aromatic N) is 2. The molecule has 1 aliphatic heterocycles. The van der Waals surface area contributed by atoms with Gasteiger partial charge in [0.15, 0.2) is 0 Å². The maximum atomic E-state index is 12.7. The Balaban J connectivity index is 1.50. The molecule has 26 heavy (non-hydrogen) atoms. The molecule has 0 bridgehead atoms. The molecular formula is C20H24N2O2S2. The summed E-state index contributed by atoms with van der Waals surface area (Å²) in [4.78, 5) is 4.78. The van der Waals surface area contributed by atoms with E-state index in [1.807, 2.05) is 6.07 Å². The summed E-state index contributed by atoms with van der Waals surface area (Å²) in [6, 6.07) is 12.2. The molecule has 1 atom stereocenters. The number of pyridine rings is 1. The Kier molecular flexibility index (Phi) is 5.34. The van der Waals surface area contributed by atoms with Gasteiger partial charge in [-0.2, -0.15) is 4.31 Å². The van der Waals surface area contributed by atoms with Gasteiger partial charge in [0.1, 0.15) is 4.90 Å². The Morgan fingerprint density at radius 1 is 1.00 bits per heavy atom. The minimum Gasteiger partial charge on any atom is -0.249 e. The van der Waals surface area contributed by atoms with Crippen LogP contribution in [0.3, 0.4) is 0 Å². The summed E-state index contributed by atoms with van der Waals surface area (Å²) < 4.78 is 27.1. The lowest BCUT2D eigenvalue weighted by Crippen LogP contribution is -2.35. The van der Waals surface area contributed by atoms with Crippen LogP contribution in [0.25, 0.3) is 0 Å². The van der Waals surface area contributed by atoms with Crippen molar-refractivity contribution in [1.29, 1.82) is 0 Å². The molecule has 1 aromatic heterocycles. The molecule has 0 amide bonds. The second-order valence-electron chi connectivity index (χ2n) is 6.99. The minimum absolute atomic E-state index is 0.313. The summed E-state index contributed by atoms with van der Waals surface area (Å²) in [7, 11) is -3.40. The molecule has 1 aliphatic carbocycles. The normalized spacial score (nSPS) is 21.3. The van der Waals surface area contributed by atoms with Crippen molar-refractivity contribution in [3.8, 4) is 0 Å². The van der Waals surface area contributed by atoms with E-state index in [1.54, 1.807) is 22.1 Å². The highest BCUT2D eigenvalue weighted by Crippen LogP contribution is 2.42. The molecule has 1 aromatic carbocycles. The molecule has 6 heteroatoms. The first-order valence-electron chi connectivity index (χ1n) is 9.35. The van der Waals surface area contributed by atoms with E-state index in [0.717, 1.165) is 37.1 Å². The Morgan fingerprint density at radius 3 is 2.58 bits per heavy atom. The van der Waals surface area contributed by atoms with E-state index in [9.17, 15) is 8.42 Å². The van der Waals surface area contributed by atoms with Gasteiger partial charge < -0.3 is 0 Å². The Hall–Kier alpha value is -1.37. The third-order valence-corrected chi connectivity index (χ3v) is 8.38. The van der Waals surface area contributed by atoms with Crippen LogP contribution in [0.5, 0.6) is 0 Å². The van der Waals surface area contributed by atoms with E-state index >= 15 is 0 Å². The first-order chi connectivity index (χ1) is 12.6. The van der Waals surface area contributed by atoms with Crippen LogP contribution in [0.4, 0.5) is 0 Å². The van der Waals surface area contributed by atoms with Gasteiger partial charge >= 0.3 is 0 Å². The van der Waals surface area contributed by atoms with Crippen LogP contribution in [-0.2, 0) is 16.4 Å². The third kappa shape index (κ3) is 3.68. The van der Waals surface area contributed by atoms with Crippen molar-refractivity contribution in [2.45, 2.75) is 53.7 Å². The summed E-state index contributed by atoms with van der Waals surface area (Å²) in [5.41, 5.74) is 2.83. The van der Waals surface area contributed by atoms with Crippen LogP contribution in [0.2, 0.25) is 0 Å². The second-order valence-corrected chi connectivity index (χ2v) is 10.2. The quantitative estimate of drug-likeness (QED) is 0.778. The van der Waals surface area contributed by atoms with Crippen LogP contribution < -0.4 is 0 Å². The van der Waals surface area contributed by atoms with Crippen molar-refractivity contribution in [3.63, 3.8) is 0 Å². The van der Waals surface area contributed by atoms with E-state index in [0.29, 0.717) is 23.2 Å². The maximum absolute atomic E-state index is 12.7. The summed E-state index contributed by atoms with van der Waals surface area (Å²) in [6.07, 6.45) is 8.01. The Labute approximate surface area is 160 Å². The van der Waals surface area contributed by atoms with Crippen LogP contribution in [0, 0.1) is 0 Å². The first kappa shape index (κ1) is 18.0. The zero-order valence-corrected chi connectivity index (χ0v) is 16.4. The van der Waals surface area contributed by atoms with Crippen molar-refractivity contribution in [2.24, 2.45) is 0 Å². The number of aromatic nitrogens is 1. The highest BCUT2D eigenvalue weighted by molar-refractivity contribution is 7.99. The number of fused-ring (bicyclic) bond motifs is 1. The summed E-state index contributed by atoms with van der Waals surface area (Å²) >= 11 is 1.74. The van der Waals surface area contributed by atoms with Crippen LogP contribution >= 0.6 is 11.8 Å². The van der Waals surface area contributed by atoms with E-state index < -0.39 is 10.0 Å². The fourth-order valence-electron chi connectivity index (χ4n) is 3.82. The average molecular weight is 389 g/mol. The fraction of sp³-hybridized carbons (Fsp3) is 0.450. The molecule has 0 saturated carbocycles. The smallest absolute Gasteiger partial charge is 0.244 e. The number of thioether (sulfide) groups is 1. The van der Waals surface area contributed by atoms with Gasteiger partial charge in [0.05, 0.1) is 5.03 Å². The van der Waals surface area contributed by atoms with E-state index in [4.69, 9.17) is 0 Å². The van der Waals surface area contributed by atoms with Crippen molar-refractivity contribution < 1.29 is 8.42 Å². The molecule has 2 aliphatic rings. The number of aryl methyl sites for hydroxylation is 1. The molecule has 1 unspecified atom stereocenters. The predicted molar refractivity (Wildman–Crippen MR) is 105 cm³/mol. The maximum Gasteiger partial charge on any atom is 0.244 e. The largest absolute Gasteiger partial charge is 0.249 e. The van der Waals surface area contributed by atoms with Gasteiger partial charge in [-0.3, -0.25) is 0 Å². The second kappa shape index (κ2) is 7.71. The van der Waals surface area contributed by atoms with Crippen molar-refractivity contribution in [1.82, 2.24) is 9.29 Å². The van der Waals surface area contributed by atoms with Crippen molar-refractivity contribution in [3.05, 3.63) is 53.7 Å². The number of piperidine rings is 1. The van der Waals surface area contributed by atoms with Gasteiger partial charge in [0, 0.05) is 24.5 Å². The Bertz CT molecular complexity index is 860. The van der Waals surface area contributed by atoms with Crippen LogP contribution in [0.15, 0.2) is 52.5 Å². The molecule has 4 nitrogen and oxygen atoms in total. The lowest BCUT2D eigenvalue weighted by molar-refractivity contribution is 0.346. The van der Waals surface area contributed by atoms with E-state index in [1.165, 1.54) is 23.7 Å². The molecule has 4 rings (SSSR count). The first-order valence-corrected chi connectivity index (χ1v) is 11.7. The Morgan fingerprint density at radius 2 is 1.81 bits per heavy atom. The third-order valence-electron chi connectivity index (χ3n) is 5.24. The number of hydrogen-bond donors (Lipinski definition) is 0. The van der Waals surface area contributed by atoms with E-state index in [2.05, 4.69) is 29.2 Å². The monoisotopic (exact) mass is 388 g/mol. The molecule has 2 aromatic rings. The average Bonchev–Trinajstić information content (AvgIpc) is 2.69. The summed E-state index contributed by atoms with van der Waals surface area (Å²) in [6.45, 7) is 1.25. The number of hydrogen-bond acceptors (Lipinski definition) is 4. The lowest BCUT2D eigenvalue weighted by Gasteiger charge is -2.26. The molecule has 0 radical (unpaired) electrons. The van der Waals surface area contributed by atoms with Gasteiger partial charge in [-0.15, -0.1) is 0 Å². The molecule has 0 N–H and O–H groups in total. The number of rotatable bonds is 4. The van der Waals surface area contributed by atoms with Crippen LogP contribution in [-0.4, -0.2) is 30.8 Å². The molecule has 1 fully saturated rings. The molecule has 2 heterocycles. The van der Waals surface area contributed by atoms with Crippen LogP contribution in [0.1, 0.15) is 48.5 Å². The predicted octanol–water partition coefficient (Wildman–Crippen LogP) is 4.43. The van der Waals surface area contributed by atoms with Crippen molar-refractivity contribution in [2.75, 3.05) is 13.1 Å². The topological polar surface area (TPSA) is 50.3 Å². The molecular weight excluding hydrogens is 364 g/mol. The highest BCUT2D eigenvalue weighted by atomic mass is 32.2. The zero-order chi connectivity index (χ0) is 18.0. The van der Waals surface area contributed by atoms with Gasteiger partial charge in [-0.25, -0.2) is 13.4 Å². The standard InChI is InChI=1S/C20H24N2O2S2/c23-26(24,22-13-4-1-5-14-22)17-11-12-20(21-15-17)25-19-10-6-8-16-7-2-3-9-18(16)19/h2-3,7,9,11-12,15,19H,1,4-6,8,10,13-14H2. The molecule has 138 valence electrons. The van der Waals surface area contributed by atoms with Crippen molar-refractivity contribution >= 4 is 21.8 Å². The SMILES string of the molecule is O=S(=O)(c1ccc(SC2CCCc3ccccc32)nc1)N1CCCCC1. The van der Waals surface area contributed by atoms with Gasteiger partial charge in [-0.1, -0.05) is 42.4 Å². The lowest BCUT2D eigenvalue weighted by atomic mass is 9.91. The minimum atomic E-state index is -3.40.